The molecule has 0 radical (unpaired) electrons. The number of rotatable bonds is 6. The van der Waals surface area contributed by atoms with Gasteiger partial charge in [-0.15, -0.1) is 0 Å². The van der Waals surface area contributed by atoms with Gasteiger partial charge in [-0.05, 0) is 39.3 Å². The van der Waals surface area contributed by atoms with Crippen LogP contribution in [0.2, 0.25) is 0 Å². The van der Waals surface area contributed by atoms with Gasteiger partial charge in [0.25, 0.3) is 0 Å². The van der Waals surface area contributed by atoms with E-state index in [4.69, 9.17) is 4.74 Å². The maximum absolute atomic E-state index is 12.1. The third kappa shape index (κ3) is 4.64. The van der Waals surface area contributed by atoms with E-state index in [9.17, 15) is 9.59 Å². The van der Waals surface area contributed by atoms with Crippen molar-refractivity contribution in [2.75, 3.05) is 27.2 Å². The highest BCUT2D eigenvalue weighted by molar-refractivity contribution is 5.78. The molecule has 104 valence electrons. The van der Waals surface area contributed by atoms with Crippen LogP contribution in [0.4, 0.5) is 0 Å². The third-order valence-corrected chi connectivity index (χ3v) is 3.39. The van der Waals surface area contributed by atoms with Crippen molar-refractivity contribution < 1.29 is 14.3 Å². The van der Waals surface area contributed by atoms with E-state index in [1.807, 2.05) is 11.9 Å². The summed E-state index contributed by atoms with van der Waals surface area (Å²) in [5.74, 6) is -0.0613. The standard InChI is InChI=1S/C13H24N2O3/c1-14-8-5-7-12(16)15-9-4-3-6-11(15)10-13(17)18-2/h11,14H,3-10H2,1-2H3. The van der Waals surface area contributed by atoms with Gasteiger partial charge in [-0.3, -0.25) is 9.59 Å². The number of ether oxygens (including phenoxy) is 1. The van der Waals surface area contributed by atoms with E-state index in [2.05, 4.69) is 5.32 Å². The predicted octanol–water partition coefficient (Wildman–Crippen LogP) is 0.930. The molecule has 5 nitrogen and oxygen atoms in total. The van der Waals surface area contributed by atoms with Gasteiger partial charge in [-0.2, -0.15) is 0 Å². The molecular weight excluding hydrogens is 232 g/mol. The highest BCUT2D eigenvalue weighted by atomic mass is 16.5. The Labute approximate surface area is 109 Å². The minimum atomic E-state index is -0.227. The Kier molecular flexibility index (Phi) is 6.72. The zero-order chi connectivity index (χ0) is 13.4. The second kappa shape index (κ2) is 8.08. The molecule has 0 aromatic heterocycles. The number of amides is 1. The molecule has 1 aliphatic rings. The first-order chi connectivity index (χ1) is 8.69. The third-order valence-electron chi connectivity index (χ3n) is 3.39. The summed E-state index contributed by atoms with van der Waals surface area (Å²) in [6.45, 7) is 1.63. The minimum Gasteiger partial charge on any atom is -0.469 e. The van der Waals surface area contributed by atoms with Gasteiger partial charge in [0.05, 0.1) is 13.5 Å². The van der Waals surface area contributed by atoms with Crippen molar-refractivity contribution in [2.45, 2.75) is 44.6 Å². The minimum absolute atomic E-state index is 0.0354. The Bertz CT molecular complexity index is 281. The lowest BCUT2D eigenvalue weighted by molar-refractivity contribution is -0.144. The number of nitrogens with zero attached hydrogens (tertiary/aromatic N) is 1. The fourth-order valence-electron chi connectivity index (χ4n) is 2.38. The molecule has 1 amide bonds. The van der Waals surface area contributed by atoms with Gasteiger partial charge >= 0.3 is 5.97 Å². The molecule has 5 heteroatoms. The Morgan fingerprint density at radius 3 is 2.83 bits per heavy atom. The zero-order valence-electron chi connectivity index (χ0n) is 11.4. The monoisotopic (exact) mass is 256 g/mol. The number of piperidine rings is 1. The van der Waals surface area contributed by atoms with Crippen molar-refractivity contribution in [3.05, 3.63) is 0 Å². The second-order valence-electron chi connectivity index (χ2n) is 4.72. The van der Waals surface area contributed by atoms with E-state index < -0.39 is 0 Å². The smallest absolute Gasteiger partial charge is 0.307 e. The molecule has 0 aromatic carbocycles. The number of carbonyl (C=O) groups excluding carboxylic acids is 2. The van der Waals surface area contributed by atoms with Crippen LogP contribution in [0.25, 0.3) is 0 Å². The van der Waals surface area contributed by atoms with E-state index in [0.717, 1.165) is 38.8 Å². The number of methoxy groups -OCH3 is 1. The van der Waals surface area contributed by atoms with Crippen molar-refractivity contribution >= 4 is 11.9 Å². The average molecular weight is 256 g/mol. The Morgan fingerprint density at radius 1 is 1.39 bits per heavy atom. The fraction of sp³-hybridized carbons (Fsp3) is 0.846. The fourth-order valence-corrected chi connectivity index (χ4v) is 2.38. The SMILES string of the molecule is CNCCCC(=O)N1CCCCC1CC(=O)OC. The van der Waals surface area contributed by atoms with Crippen LogP contribution in [0, 0.1) is 0 Å². The molecule has 1 atom stereocenters. The number of hydrogen-bond acceptors (Lipinski definition) is 4. The summed E-state index contributed by atoms with van der Waals surface area (Å²) in [6, 6.07) is 0.0354. The summed E-state index contributed by atoms with van der Waals surface area (Å²) in [7, 11) is 3.27. The van der Waals surface area contributed by atoms with E-state index in [-0.39, 0.29) is 17.9 Å². The van der Waals surface area contributed by atoms with Crippen molar-refractivity contribution in [1.29, 1.82) is 0 Å². The number of esters is 1. The Morgan fingerprint density at radius 2 is 2.17 bits per heavy atom. The molecule has 0 aromatic rings. The Hall–Kier alpha value is -1.10. The summed E-state index contributed by atoms with van der Waals surface area (Å²) in [6.07, 6.45) is 4.76. The molecule has 1 aliphatic heterocycles. The van der Waals surface area contributed by atoms with Gasteiger partial charge in [-0.1, -0.05) is 0 Å². The van der Waals surface area contributed by atoms with Gasteiger partial charge < -0.3 is 15.0 Å². The van der Waals surface area contributed by atoms with Crippen LogP contribution in [0.1, 0.15) is 38.5 Å². The number of hydrogen-bond donors (Lipinski definition) is 1. The van der Waals surface area contributed by atoms with Crippen molar-refractivity contribution in [3.63, 3.8) is 0 Å². The van der Waals surface area contributed by atoms with Crippen LogP contribution in [-0.2, 0) is 14.3 Å². The second-order valence-corrected chi connectivity index (χ2v) is 4.72. The average Bonchev–Trinajstić information content (AvgIpc) is 2.39. The lowest BCUT2D eigenvalue weighted by atomic mass is 9.98. The van der Waals surface area contributed by atoms with Gasteiger partial charge in [0.1, 0.15) is 0 Å². The normalized spacial score (nSPS) is 19.7. The maximum Gasteiger partial charge on any atom is 0.307 e. The van der Waals surface area contributed by atoms with Gasteiger partial charge in [-0.25, -0.2) is 0 Å². The van der Waals surface area contributed by atoms with Crippen molar-refractivity contribution in [3.8, 4) is 0 Å². The molecular formula is C13H24N2O3. The highest BCUT2D eigenvalue weighted by Crippen LogP contribution is 2.21. The molecule has 0 spiro atoms. The molecule has 1 unspecified atom stereocenters. The van der Waals surface area contributed by atoms with Crippen LogP contribution in [0.3, 0.4) is 0 Å². The molecule has 1 heterocycles. The van der Waals surface area contributed by atoms with E-state index in [1.54, 1.807) is 0 Å². The first-order valence-electron chi connectivity index (χ1n) is 6.70. The zero-order valence-corrected chi connectivity index (χ0v) is 11.4. The van der Waals surface area contributed by atoms with Crippen LogP contribution in [0.5, 0.6) is 0 Å². The first kappa shape index (κ1) is 15.0. The number of likely N-dealkylation sites (tertiary alicyclic amines) is 1. The molecule has 0 aliphatic carbocycles. The van der Waals surface area contributed by atoms with Crippen LogP contribution in [0.15, 0.2) is 0 Å². The van der Waals surface area contributed by atoms with E-state index in [1.165, 1.54) is 7.11 Å². The van der Waals surface area contributed by atoms with E-state index >= 15 is 0 Å². The molecule has 1 rings (SSSR count). The summed E-state index contributed by atoms with van der Waals surface area (Å²) >= 11 is 0. The van der Waals surface area contributed by atoms with Crippen LogP contribution >= 0.6 is 0 Å². The molecule has 0 saturated carbocycles. The van der Waals surface area contributed by atoms with Gasteiger partial charge in [0.2, 0.25) is 5.91 Å². The number of nitrogens with one attached hydrogen (secondary N) is 1. The molecule has 0 bridgehead atoms. The summed E-state index contributed by atoms with van der Waals surface area (Å²) in [5.41, 5.74) is 0. The molecule has 1 N–H and O–H groups in total. The quantitative estimate of drug-likeness (QED) is 0.567. The van der Waals surface area contributed by atoms with Crippen molar-refractivity contribution in [2.24, 2.45) is 0 Å². The largest absolute Gasteiger partial charge is 0.469 e. The molecule has 18 heavy (non-hydrogen) atoms. The molecule has 1 saturated heterocycles. The maximum atomic E-state index is 12.1. The molecule has 1 fully saturated rings. The van der Waals surface area contributed by atoms with Crippen LogP contribution < -0.4 is 5.32 Å². The van der Waals surface area contributed by atoms with Crippen molar-refractivity contribution in [1.82, 2.24) is 10.2 Å². The van der Waals surface area contributed by atoms with Gasteiger partial charge in [0.15, 0.2) is 0 Å². The topological polar surface area (TPSA) is 58.6 Å². The van der Waals surface area contributed by atoms with Crippen LogP contribution in [-0.4, -0.2) is 50.1 Å². The first-order valence-corrected chi connectivity index (χ1v) is 6.70. The lowest BCUT2D eigenvalue weighted by Gasteiger charge is -2.35. The number of carbonyl (C=O) groups is 2. The summed E-state index contributed by atoms with van der Waals surface area (Å²) < 4.78 is 4.69. The Balaban J connectivity index is 2.47. The highest BCUT2D eigenvalue weighted by Gasteiger charge is 2.28. The van der Waals surface area contributed by atoms with Gasteiger partial charge in [0, 0.05) is 19.0 Å². The summed E-state index contributed by atoms with van der Waals surface area (Å²) in [4.78, 5) is 25.3. The predicted molar refractivity (Wildman–Crippen MR) is 69.1 cm³/mol. The summed E-state index contributed by atoms with van der Waals surface area (Å²) in [5, 5.41) is 3.03. The lowest BCUT2D eigenvalue weighted by Crippen LogP contribution is -2.44. The van der Waals surface area contributed by atoms with E-state index in [0.29, 0.717) is 12.8 Å².